The van der Waals surface area contributed by atoms with Crippen LogP contribution in [0.15, 0.2) is 28.8 Å². The third kappa shape index (κ3) is 4.34. The van der Waals surface area contributed by atoms with Crippen molar-refractivity contribution in [2.75, 3.05) is 13.1 Å². The van der Waals surface area contributed by atoms with Crippen LogP contribution in [0.2, 0.25) is 0 Å². The van der Waals surface area contributed by atoms with Crippen molar-refractivity contribution in [2.45, 2.75) is 38.3 Å². The first-order chi connectivity index (χ1) is 15.2. The third-order valence-electron chi connectivity index (χ3n) is 6.14. The maximum atomic E-state index is 14.0. The molecule has 1 aromatic carbocycles. The molecule has 2 aliphatic rings. The number of benzene rings is 1. The van der Waals surface area contributed by atoms with Crippen molar-refractivity contribution in [3.8, 4) is 11.3 Å². The number of hydrogen-bond acceptors (Lipinski definition) is 5. The summed E-state index contributed by atoms with van der Waals surface area (Å²) < 4.78 is 59.0. The molecular weight excluding hydrogens is 434 g/mol. The maximum absolute atomic E-state index is 14.0. The summed E-state index contributed by atoms with van der Waals surface area (Å²) in [6.07, 6.45) is -2.07. The van der Waals surface area contributed by atoms with Gasteiger partial charge in [-0.25, -0.2) is 17.6 Å². The van der Waals surface area contributed by atoms with Crippen molar-refractivity contribution in [1.82, 2.24) is 15.4 Å². The molecule has 1 aliphatic carbocycles. The predicted molar refractivity (Wildman–Crippen MR) is 103 cm³/mol. The van der Waals surface area contributed by atoms with Crippen molar-refractivity contribution in [2.24, 2.45) is 11.3 Å². The van der Waals surface area contributed by atoms with Gasteiger partial charge in [-0.05, 0) is 37.8 Å². The molecular formula is C21H21F4N3O4. The van der Waals surface area contributed by atoms with E-state index in [2.05, 4.69) is 10.5 Å². The van der Waals surface area contributed by atoms with Gasteiger partial charge in [0.1, 0.15) is 11.6 Å². The molecule has 1 saturated heterocycles. The summed E-state index contributed by atoms with van der Waals surface area (Å²) in [7, 11) is 0. The van der Waals surface area contributed by atoms with Gasteiger partial charge in [0, 0.05) is 30.6 Å². The van der Waals surface area contributed by atoms with Crippen LogP contribution < -0.4 is 5.32 Å². The van der Waals surface area contributed by atoms with Crippen LogP contribution in [0.3, 0.4) is 0 Å². The van der Waals surface area contributed by atoms with E-state index < -0.39 is 47.4 Å². The van der Waals surface area contributed by atoms with Crippen molar-refractivity contribution in [1.29, 1.82) is 0 Å². The second-order valence-electron chi connectivity index (χ2n) is 8.34. The predicted octanol–water partition coefficient (Wildman–Crippen LogP) is 3.52. The quantitative estimate of drug-likeness (QED) is 0.621. The average Bonchev–Trinajstić information content (AvgIpc) is 3.36. The summed E-state index contributed by atoms with van der Waals surface area (Å²) in [4.78, 5) is 26.1. The van der Waals surface area contributed by atoms with Gasteiger partial charge < -0.3 is 14.9 Å². The van der Waals surface area contributed by atoms with Crippen LogP contribution in [-0.2, 0) is 4.79 Å². The number of aromatic nitrogens is 1. The minimum Gasteiger partial charge on any atom is -0.481 e. The van der Waals surface area contributed by atoms with E-state index in [4.69, 9.17) is 4.52 Å². The number of piperidine rings is 1. The van der Waals surface area contributed by atoms with Crippen molar-refractivity contribution < 1.29 is 36.8 Å². The lowest BCUT2D eigenvalue weighted by Gasteiger charge is -2.41. The Bertz CT molecular complexity index is 1020. The van der Waals surface area contributed by atoms with Crippen molar-refractivity contribution >= 4 is 11.9 Å². The standard InChI is InChI=1S/C21H21F4N3O4/c22-11-3-4-12(14(23)8-11)16-9-15(27-32-16)18(29)26-17-13(19(30)31)2-1-7-28(17)10-21(5-6-21)20(24)25/h3-4,8-9,13,17,20H,1-2,5-7,10H2,(H,26,29)(H,30,31)/t13-,17?/m0/s1. The number of carboxylic acid groups (broad SMARTS) is 1. The Kier molecular flexibility index (Phi) is 5.93. The van der Waals surface area contributed by atoms with Gasteiger partial charge >= 0.3 is 5.97 Å². The molecule has 0 spiro atoms. The zero-order valence-corrected chi connectivity index (χ0v) is 16.9. The Labute approximate surface area is 180 Å². The molecule has 11 heteroatoms. The lowest BCUT2D eigenvalue weighted by Crippen LogP contribution is -2.58. The molecule has 2 fully saturated rings. The lowest BCUT2D eigenvalue weighted by molar-refractivity contribution is -0.147. The summed E-state index contributed by atoms with van der Waals surface area (Å²) in [5.74, 6) is -4.71. The van der Waals surface area contributed by atoms with Crippen LogP contribution in [0.1, 0.15) is 36.2 Å². The molecule has 2 aromatic rings. The Morgan fingerprint density at radius 1 is 1.28 bits per heavy atom. The maximum Gasteiger partial charge on any atom is 0.309 e. The van der Waals surface area contributed by atoms with E-state index in [0.29, 0.717) is 31.9 Å². The molecule has 1 aliphatic heterocycles. The van der Waals surface area contributed by atoms with Crippen molar-refractivity contribution in [3.05, 3.63) is 41.6 Å². The molecule has 1 amide bonds. The molecule has 172 valence electrons. The normalized spacial score (nSPS) is 22.7. The number of carbonyl (C=O) groups excluding carboxylic acids is 1. The molecule has 7 nitrogen and oxygen atoms in total. The Hall–Kier alpha value is -2.95. The van der Waals surface area contributed by atoms with Gasteiger partial charge in [0.15, 0.2) is 11.5 Å². The molecule has 0 bridgehead atoms. The molecule has 1 aromatic heterocycles. The Morgan fingerprint density at radius 2 is 2.03 bits per heavy atom. The number of rotatable bonds is 7. The summed E-state index contributed by atoms with van der Waals surface area (Å²) in [6, 6.07) is 3.96. The van der Waals surface area contributed by atoms with Gasteiger partial charge in [-0.1, -0.05) is 5.16 Å². The van der Waals surface area contributed by atoms with Gasteiger partial charge in [-0.3, -0.25) is 14.5 Å². The van der Waals surface area contributed by atoms with E-state index in [0.717, 1.165) is 18.2 Å². The van der Waals surface area contributed by atoms with Crippen LogP contribution in [0.25, 0.3) is 11.3 Å². The van der Waals surface area contributed by atoms with Gasteiger partial charge in [0.25, 0.3) is 5.91 Å². The highest BCUT2D eigenvalue weighted by atomic mass is 19.3. The number of hydrogen-bond donors (Lipinski definition) is 2. The van der Waals surface area contributed by atoms with Crippen LogP contribution in [0.4, 0.5) is 17.6 Å². The van der Waals surface area contributed by atoms with Crippen LogP contribution in [0.5, 0.6) is 0 Å². The molecule has 1 unspecified atom stereocenters. The molecule has 32 heavy (non-hydrogen) atoms. The van der Waals surface area contributed by atoms with Crippen LogP contribution in [-0.4, -0.2) is 52.7 Å². The number of alkyl halides is 2. The van der Waals surface area contributed by atoms with Gasteiger partial charge in [0.2, 0.25) is 6.43 Å². The first-order valence-electron chi connectivity index (χ1n) is 10.2. The monoisotopic (exact) mass is 455 g/mol. The van der Waals surface area contributed by atoms with E-state index in [1.807, 2.05) is 0 Å². The largest absolute Gasteiger partial charge is 0.481 e. The molecule has 2 heterocycles. The zero-order valence-electron chi connectivity index (χ0n) is 16.9. The molecule has 4 rings (SSSR count). The van der Waals surface area contributed by atoms with Crippen LogP contribution in [0, 0.1) is 23.0 Å². The second-order valence-corrected chi connectivity index (χ2v) is 8.34. The first-order valence-corrected chi connectivity index (χ1v) is 10.2. The lowest BCUT2D eigenvalue weighted by atomic mass is 9.92. The van der Waals surface area contributed by atoms with Crippen LogP contribution >= 0.6 is 0 Å². The number of halogens is 4. The molecule has 1 saturated carbocycles. The summed E-state index contributed by atoms with van der Waals surface area (Å²) in [5.41, 5.74) is -1.52. The summed E-state index contributed by atoms with van der Waals surface area (Å²) in [6.45, 7) is 0.346. The van der Waals surface area contributed by atoms with E-state index in [1.165, 1.54) is 0 Å². The number of likely N-dealkylation sites (tertiary alicyclic amines) is 1. The number of aliphatic carboxylic acids is 1. The fourth-order valence-electron chi connectivity index (χ4n) is 4.11. The SMILES string of the molecule is O=C(NC1[C@@H](C(=O)O)CCCN1CC1(C(F)F)CC1)c1cc(-c2ccc(F)cc2F)on1. The summed E-state index contributed by atoms with van der Waals surface area (Å²) >= 11 is 0. The van der Waals surface area contributed by atoms with E-state index in [1.54, 1.807) is 4.90 Å². The summed E-state index contributed by atoms with van der Waals surface area (Å²) in [5, 5.41) is 15.8. The Balaban J connectivity index is 1.53. The van der Waals surface area contributed by atoms with Gasteiger partial charge in [-0.15, -0.1) is 0 Å². The first kappa shape index (κ1) is 22.3. The molecule has 2 atom stereocenters. The van der Waals surface area contributed by atoms with E-state index in [9.17, 15) is 32.3 Å². The molecule has 0 radical (unpaired) electrons. The highest BCUT2D eigenvalue weighted by Crippen LogP contribution is 2.51. The van der Waals surface area contributed by atoms with E-state index >= 15 is 0 Å². The number of nitrogens with zero attached hydrogens (tertiary/aromatic N) is 2. The van der Waals surface area contributed by atoms with E-state index in [-0.39, 0.29) is 30.0 Å². The van der Waals surface area contributed by atoms with Gasteiger partial charge in [0.05, 0.1) is 17.6 Å². The highest BCUT2D eigenvalue weighted by Gasteiger charge is 2.53. The number of nitrogens with one attached hydrogen (secondary N) is 1. The minimum atomic E-state index is -2.53. The zero-order chi connectivity index (χ0) is 23.0. The number of carbonyl (C=O) groups is 2. The molecule has 2 N–H and O–H groups in total. The number of carboxylic acids is 1. The van der Waals surface area contributed by atoms with Gasteiger partial charge in [-0.2, -0.15) is 0 Å². The third-order valence-corrected chi connectivity index (χ3v) is 6.14. The minimum absolute atomic E-state index is 0.0236. The highest BCUT2D eigenvalue weighted by molar-refractivity contribution is 5.93. The topological polar surface area (TPSA) is 95.7 Å². The van der Waals surface area contributed by atoms with Crippen molar-refractivity contribution in [3.63, 3.8) is 0 Å². The smallest absolute Gasteiger partial charge is 0.309 e. The Morgan fingerprint density at radius 3 is 2.66 bits per heavy atom. The average molecular weight is 455 g/mol. The number of amides is 1. The fraction of sp³-hybridized carbons (Fsp3) is 0.476. The second kappa shape index (κ2) is 8.53. The fourth-order valence-corrected chi connectivity index (χ4v) is 4.11.